The summed E-state index contributed by atoms with van der Waals surface area (Å²) in [4.78, 5) is 45.2. The molecule has 1 aromatic heterocycles. The molecule has 3 aliphatic rings. The van der Waals surface area contributed by atoms with Crippen LogP contribution < -0.4 is 14.8 Å². The predicted octanol–water partition coefficient (Wildman–Crippen LogP) is 0.334. The lowest BCUT2D eigenvalue weighted by molar-refractivity contribution is -0.132. The summed E-state index contributed by atoms with van der Waals surface area (Å²) in [5, 5.41) is 9.66. The largest absolute Gasteiger partial charge is 0.493 e. The third kappa shape index (κ3) is 6.34. The number of carbonyl (C=O) groups excluding carboxylic acids is 3. The maximum Gasteiger partial charge on any atom is 0.271 e. The zero-order valence-corrected chi connectivity index (χ0v) is 22.3. The van der Waals surface area contributed by atoms with Crippen molar-refractivity contribution in [3.63, 3.8) is 0 Å². The molecule has 2 N–H and O–H groups in total. The maximum absolute atomic E-state index is 13.4. The highest BCUT2D eigenvalue weighted by molar-refractivity contribution is 5.92. The fraction of sp³-hybridized carbons (Fsp3) is 0.556. The van der Waals surface area contributed by atoms with Crippen molar-refractivity contribution in [3.05, 3.63) is 41.7 Å². The van der Waals surface area contributed by atoms with Crippen molar-refractivity contribution >= 4 is 17.7 Å². The van der Waals surface area contributed by atoms with Crippen molar-refractivity contribution in [2.45, 2.75) is 12.3 Å². The van der Waals surface area contributed by atoms with Crippen LogP contribution in [0.1, 0.15) is 28.4 Å². The van der Waals surface area contributed by atoms with Gasteiger partial charge in [0.25, 0.3) is 5.91 Å². The Balaban J connectivity index is 1.35. The van der Waals surface area contributed by atoms with E-state index in [9.17, 15) is 14.4 Å². The van der Waals surface area contributed by atoms with Crippen LogP contribution in [-0.2, 0) is 14.3 Å². The first-order chi connectivity index (χ1) is 19.0. The topological polar surface area (TPSA) is 129 Å². The van der Waals surface area contributed by atoms with Crippen molar-refractivity contribution < 1.29 is 28.6 Å². The standard InChI is InChI=1S/C27H36N6O6/c1-37-23-4-3-19-15-24(23)39-14-11-32(27(36)22-5-7-29-30-22)8-2-6-28-26(35)21-17-33(16-20(19)21)25(34)18-31-9-12-38-13-10-31/h3-5,7,15,20-21H,2,6,8-14,16-18H2,1H3,(H,28,35)(H,29,30)/t20-,21+/m1/s1. The molecular formula is C27H36N6O6. The summed E-state index contributed by atoms with van der Waals surface area (Å²) in [6, 6.07) is 7.30. The number of likely N-dealkylation sites (tertiary alicyclic amines) is 1. The number of methoxy groups -OCH3 is 1. The second-order valence-electron chi connectivity index (χ2n) is 10.1. The van der Waals surface area contributed by atoms with Gasteiger partial charge in [-0.15, -0.1) is 0 Å². The first kappa shape index (κ1) is 26.9. The Morgan fingerprint density at radius 2 is 1.87 bits per heavy atom. The summed E-state index contributed by atoms with van der Waals surface area (Å²) in [5.74, 6) is 0.283. The summed E-state index contributed by atoms with van der Waals surface area (Å²) in [5.41, 5.74) is 1.31. The number of rotatable bonds is 4. The quantitative estimate of drug-likeness (QED) is 0.568. The monoisotopic (exact) mass is 540 g/mol. The van der Waals surface area contributed by atoms with Crippen molar-refractivity contribution in [3.8, 4) is 11.5 Å². The van der Waals surface area contributed by atoms with Crippen LogP contribution >= 0.6 is 0 Å². The predicted molar refractivity (Wildman–Crippen MR) is 141 cm³/mol. The van der Waals surface area contributed by atoms with Crippen LogP contribution in [0.25, 0.3) is 0 Å². The van der Waals surface area contributed by atoms with Gasteiger partial charge in [-0.05, 0) is 30.2 Å². The zero-order valence-electron chi connectivity index (χ0n) is 22.3. The van der Waals surface area contributed by atoms with Crippen LogP contribution in [0.4, 0.5) is 0 Å². The van der Waals surface area contributed by atoms with Gasteiger partial charge in [-0.1, -0.05) is 6.07 Å². The van der Waals surface area contributed by atoms with E-state index in [0.29, 0.717) is 76.1 Å². The van der Waals surface area contributed by atoms with E-state index in [1.54, 1.807) is 23.0 Å². The lowest BCUT2D eigenvalue weighted by Gasteiger charge is -2.28. The van der Waals surface area contributed by atoms with Crippen LogP contribution in [0.15, 0.2) is 30.5 Å². The molecule has 210 valence electrons. The third-order valence-electron chi connectivity index (χ3n) is 7.63. The Morgan fingerprint density at radius 1 is 1.05 bits per heavy atom. The molecule has 0 spiro atoms. The lowest BCUT2D eigenvalue weighted by Crippen LogP contribution is -2.44. The number of ether oxygens (including phenoxy) is 3. The number of hydrogen-bond acceptors (Lipinski definition) is 8. The lowest BCUT2D eigenvalue weighted by atomic mass is 9.88. The molecule has 0 saturated carbocycles. The average molecular weight is 541 g/mol. The van der Waals surface area contributed by atoms with E-state index in [1.807, 2.05) is 18.2 Å². The van der Waals surface area contributed by atoms with E-state index < -0.39 is 5.92 Å². The molecule has 12 heteroatoms. The van der Waals surface area contributed by atoms with Gasteiger partial charge in [-0.3, -0.25) is 24.4 Å². The van der Waals surface area contributed by atoms with Gasteiger partial charge in [-0.25, -0.2) is 0 Å². The van der Waals surface area contributed by atoms with Gasteiger partial charge in [0.2, 0.25) is 11.8 Å². The highest BCUT2D eigenvalue weighted by Crippen LogP contribution is 2.38. The van der Waals surface area contributed by atoms with Gasteiger partial charge in [-0.2, -0.15) is 5.10 Å². The Bertz CT molecular complexity index is 1150. The Hall–Kier alpha value is -3.64. The first-order valence-corrected chi connectivity index (χ1v) is 13.5. The van der Waals surface area contributed by atoms with Crippen molar-refractivity contribution in [2.75, 3.05) is 79.3 Å². The minimum absolute atomic E-state index is 0.0214. The highest BCUT2D eigenvalue weighted by Gasteiger charge is 2.41. The fourth-order valence-electron chi connectivity index (χ4n) is 5.44. The molecule has 0 radical (unpaired) electrons. The van der Waals surface area contributed by atoms with Gasteiger partial charge in [0.15, 0.2) is 11.5 Å². The maximum atomic E-state index is 13.4. The molecule has 3 amide bonds. The number of aromatic amines is 1. The molecule has 0 unspecified atom stereocenters. The molecule has 0 aliphatic carbocycles. The molecule has 2 saturated heterocycles. The van der Waals surface area contributed by atoms with Crippen LogP contribution in [0.5, 0.6) is 11.5 Å². The number of H-pyrrole nitrogens is 1. The molecule has 3 aliphatic heterocycles. The average Bonchev–Trinajstić information content (AvgIpc) is 3.65. The summed E-state index contributed by atoms with van der Waals surface area (Å²) in [6.45, 7) is 5.33. The molecule has 39 heavy (non-hydrogen) atoms. The number of amides is 3. The SMILES string of the molecule is COc1ccc2cc1OCCN(C(=O)c1ccn[nH]1)CCCNC(=O)[C@H]1CN(C(=O)CN3CCOCC3)C[C@H]21. The number of morpholine rings is 1. The molecule has 2 atom stereocenters. The molecule has 4 heterocycles. The fourth-order valence-corrected chi connectivity index (χ4v) is 5.44. The second kappa shape index (κ2) is 12.5. The van der Waals surface area contributed by atoms with E-state index in [4.69, 9.17) is 14.2 Å². The van der Waals surface area contributed by atoms with Crippen LogP contribution in [0.3, 0.4) is 0 Å². The van der Waals surface area contributed by atoms with Gasteiger partial charge in [0, 0.05) is 51.4 Å². The molecule has 2 aromatic rings. The number of carbonyl (C=O) groups is 3. The number of aromatic nitrogens is 2. The van der Waals surface area contributed by atoms with Crippen LogP contribution in [0, 0.1) is 5.92 Å². The van der Waals surface area contributed by atoms with Gasteiger partial charge >= 0.3 is 0 Å². The van der Waals surface area contributed by atoms with Gasteiger partial charge < -0.3 is 29.3 Å². The normalized spacial score (nSPS) is 22.8. The number of hydrogen-bond donors (Lipinski definition) is 2. The molecule has 12 nitrogen and oxygen atoms in total. The summed E-state index contributed by atoms with van der Waals surface area (Å²) in [6.07, 6.45) is 2.12. The first-order valence-electron chi connectivity index (χ1n) is 13.5. The van der Waals surface area contributed by atoms with E-state index in [-0.39, 0.29) is 30.2 Å². The van der Waals surface area contributed by atoms with Gasteiger partial charge in [0.1, 0.15) is 12.3 Å². The highest BCUT2D eigenvalue weighted by atomic mass is 16.5. The third-order valence-corrected chi connectivity index (χ3v) is 7.63. The van der Waals surface area contributed by atoms with Crippen LogP contribution in [-0.4, -0.2) is 122 Å². The van der Waals surface area contributed by atoms with Gasteiger partial charge in [0.05, 0.1) is 39.3 Å². The minimum atomic E-state index is -0.398. The summed E-state index contributed by atoms with van der Waals surface area (Å²) in [7, 11) is 1.58. The molecule has 1 aromatic carbocycles. The number of fused-ring (bicyclic) bond motifs is 4. The molecule has 2 fully saturated rings. The van der Waals surface area contributed by atoms with E-state index >= 15 is 0 Å². The van der Waals surface area contributed by atoms with Crippen molar-refractivity contribution in [2.24, 2.45) is 5.92 Å². The van der Waals surface area contributed by atoms with Crippen molar-refractivity contribution in [1.82, 2.24) is 30.2 Å². The second-order valence-corrected chi connectivity index (χ2v) is 10.1. The van der Waals surface area contributed by atoms with E-state index in [2.05, 4.69) is 20.4 Å². The number of nitrogens with zero attached hydrogens (tertiary/aromatic N) is 4. The van der Waals surface area contributed by atoms with E-state index in [1.165, 1.54) is 6.20 Å². The zero-order chi connectivity index (χ0) is 27.2. The summed E-state index contributed by atoms with van der Waals surface area (Å²) >= 11 is 0. The number of benzene rings is 1. The smallest absolute Gasteiger partial charge is 0.271 e. The Kier molecular flexibility index (Phi) is 8.62. The Morgan fingerprint density at radius 3 is 2.64 bits per heavy atom. The molecular weight excluding hydrogens is 504 g/mol. The minimum Gasteiger partial charge on any atom is -0.493 e. The van der Waals surface area contributed by atoms with Crippen LogP contribution in [0.2, 0.25) is 0 Å². The van der Waals surface area contributed by atoms with Crippen molar-refractivity contribution in [1.29, 1.82) is 0 Å². The molecule has 2 bridgehead atoms. The molecule has 5 rings (SSSR count). The summed E-state index contributed by atoms with van der Waals surface area (Å²) < 4.78 is 17.0. The van der Waals surface area contributed by atoms with E-state index in [0.717, 1.165) is 18.7 Å². The number of nitrogens with one attached hydrogen (secondary N) is 2. The Labute approximate surface area is 227 Å².